The number of rotatable bonds is 9. The number of nitrogens with one attached hydrogen (secondary N) is 3. The summed E-state index contributed by atoms with van der Waals surface area (Å²) in [6.07, 6.45) is 0. The van der Waals surface area contributed by atoms with Gasteiger partial charge in [0.25, 0.3) is 0 Å². The Bertz CT molecular complexity index is 797. The van der Waals surface area contributed by atoms with E-state index < -0.39 is 0 Å². The molecule has 1 atom stereocenters. The van der Waals surface area contributed by atoms with E-state index in [9.17, 15) is 0 Å². The molecule has 2 aromatic carbocycles. The Kier molecular flexibility index (Phi) is 11.0. The number of guanidine groups is 1. The molecular weight excluding hydrogens is 491 g/mol. The molecule has 7 heteroatoms. The minimum Gasteiger partial charge on any atom is -0.493 e. The van der Waals surface area contributed by atoms with E-state index in [1.54, 1.807) is 21.3 Å². The van der Waals surface area contributed by atoms with Gasteiger partial charge in [0.2, 0.25) is 0 Å². The first-order valence-electron chi connectivity index (χ1n) is 9.86. The lowest BCUT2D eigenvalue weighted by molar-refractivity contribution is 0.345. The average molecular weight is 526 g/mol. The summed E-state index contributed by atoms with van der Waals surface area (Å²) < 4.78 is 10.7. The highest BCUT2D eigenvalue weighted by Gasteiger charge is 2.21. The van der Waals surface area contributed by atoms with Crippen LogP contribution in [0.15, 0.2) is 53.5 Å². The number of aliphatic imine (C=N–C) groups is 1. The second-order valence-corrected chi connectivity index (χ2v) is 7.63. The predicted octanol–water partition coefficient (Wildman–Crippen LogP) is 4.12. The molecule has 0 saturated heterocycles. The number of hydrogen-bond acceptors (Lipinski definition) is 4. The fourth-order valence-electron chi connectivity index (χ4n) is 3.16. The largest absolute Gasteiger partial charge is 0.493 e. The normalized spacial score (nSPS) is 12.5. The molecule has 6 nitrogen and oxygen atoms in total. The Morgan fingerprint density at radius 1 is 1.00 bits per heavy atom. The molecule has 3 N–H and O–H groups in total. The van der Waals surface area contributed by atoms with Crippen LogP contribution in [-0.2, 0) is 6.54 Å². The van der Waals surface area contributed by atoms with E-state index in [0.717, 1.165) is 29.6 Å². The van der Waals surface area contributed by atoms with Crippen LogP contribution in [0, 0.1) is 0 Å². The quantitative estimate of drug-likeness (QED) is 0.261. The topological polar surface area (TPSA) is 66.9 Å². The van der Waals surface area contributed by atoms with Crippen molar-refractivity contribution in [3.05, 3.63) is 59.7 Å². The summed E-state index contributed by atoms with van der Waals surface area (Å²) in [5.74, 6) is 2.19. The zero-order chi connectivity index (χ0) is 21.3. The molecule has 0 amide bonds. The summed E-state index contributed by atoms with van der Waals surface area (Å²) in [6.45, 7) is 7.91. The first-order valence-corrected chi connectivity index (χ1v) is 9.86. The van der Waals surface area contributed by atoms with Crippen molar-refractivity contribution in [1.29, 1.82) is 0 Å². The van der Waals surface area contributed by atoms with Crippen LogP contribution < -0.4 is 25.4 Å². The molecule has 0 aliphatic heterocycles. The van der Waals surface area contributed by atoms with Crippen LogP contribution >= 0.6 is 24.0 Å². The Balaban J connectivity index is 0.00000450. The van der Waals surface area contributed by atoms with Crippen LogP contribution in [0.4, 0.5) is 0 Å². The second kappa shape index (κ2) is 12.6. The van der Waals surface area contributed by atoms with E-state index >= 15 is 0 Å². The lowest BCUT2D eigenvalue weighted by Gasteiger charge is -2.31. The molecule has 0 radical (unpaired) electrons. The first-order chi connectivity index (χ1) is 13.9. The van der Waals surface area contributed by atoms with Crippen molar-refractivity contribution in [2.24, 2.45) is 4.99 Å². The van der Waals surface area contributed by atoms with Crippen LogP contribution in [0.1, 0.15) is 37.9 Å². The van der Waals surface area contributed by atoms with Gasteiger partial charge in [0.05, 0.1) is 14.2 Å². The van der Waals surface area contributed by atoms with Gasteiger partial charge < -0.3 is 25.4 Å². The molecule has 0 aliphatic rings. The average Bonchev–Trinajstić information content (AvgIpc) is 2.73. The number of halogens is 1. The summed E-state index contributed by atoms with van der Waals surface area (Å²) in [6, 6.07) is 16.6. The summed E-state index contributed by atoms with van der Waals surface area (Å²) in [5, 5.41) is 10.4. The monoisotopic (exact) mass is 526 g/mol. The molecule has 1 unspecified atom stereocenters. The van der Waals surface area contributed by atoms with Gasteiger partial charge in [-0.2, -0.15) is 0 Å². The smallest absolute Gasteiger partial charge is 0.191 e. The van der Waals surface area contributed by atoms with Gasteiger partial charge in [0.15, 0.2) is 17.5 Å². The molecule has 30 heavy (non-hydrogen) atoms. The molecule has 0 saturated carbocycles. The Morgan fingerprint density at radius 2 is 1.67 bits per heavy atom. The second-order valence-electron chi connectivity index (χ2n) is 7.63. The van der Waals surface area contributed by atoms with Gasteiger partial charge in [0.1, 0.15) is 0 Å². The van der Waals surface area contributed by atoms with E-state index in [2.05, 4.69) is 66.0 Å². The Hall–Kier alpha value is -2.00. The van der Waals surface area contributed by atoms with E-state index in [0.29, 0.717) is 6.54 Å². The molecule has 2 aromatic rings. The number of hydrogen-bond donors (Lipinski definition) is 3. The fraction of sp³-hybridized carbons (Fsp3) is 0.435. The van der Waals surface area contributed by atoms with E-state index in [1.165, 1.54) is 5.56 Å². The molecule has 166 valence electrons. The third-order valence-electron chi connectivity index (χ3n) is 4.74. The van der Waals surface area contributed by atoms with Gasteiger partial charge in [-0.15, -0.1) is 24.0 Å². The van der Waals surface area contributed by atoms with Crippen molar-refractivity contribution in [3.8, 4) is 11.5 Å². The van der Waals surface area contributed by atoms with Gasteiger partial charge in [-0.1, -0.05) is 36.4 Å². The summed E-state index contributed by atoms with van der Waals surface area (Å²) in [5.41, 5.74) is 2.24. The highest BCUT2D eigenvalue weighted by atomic mass is 127. The maximum Gasteiger partial charge on any atom is 0.191 e. The highest BCUT2D eigenvalue weighted by Crippen LogP contribution is 2.27. The van der Waals surface area contributed by atoms with Gasteiger partial charge in [-0.3, -0.25) is 4.99 Å². The van der Waals surface area contributed by atoms with E-state index in [4.69, 9.17) is 9.47 Å². The fourth-order valence-corrected chi connectivity index (χ4v) is 3.16. The third kappa shape index (κ3) is 8.02. The summed E-state index contributed by atoms with van der Waals surface area (Å²) in [4.78, 5) is 4.33. The van der Waals surface area contributed by atoms with E-state index in [-0.39, 0.29) is 35.6 Å². The number of ether oxygens (including phenoxy) is 2. The maximum absolute atomic E-state index is 5.37. The lowest BCUT2D eigenvalue weighted by Crippen LogP contribution is -2.52. The molecule has 0 bridgehead atoms. The number of benzene rings is 2. The van der Waals surface area contributed by atoms with Crippen molar-refractivity contribution in [1.82, 2.24) is 16.0 Å². The molecule has 0 heterocycles. The number of methoxy groups -OCH3 is 2. The Labute approximate surface area is 197 Å². The van der Waals surface area contributed by atoms with Crippen LogP contribution in [0.25, 0.3) is 0 Å². The van der Waals surface area contributed by atoms with Crippen LogP contribution in [0.2, 0.25) is 0 Å². The third-order valence-corrected chi connectivity index (χ3v) is 4.74. The van der Waals surface area contributed by atoms with Crippen molar-refractivity contribution >= 4 is 29.9 Å². The summed E-state index contributed by atoms with van der Waals surface area (Å²) >= 11 is 0. The van der Waals surface area contributed by atoms with Crippen LogP contribution in [0.5, 0.6) is 11.5 Å². The van der Waals surface area contributed by atoms with Gasteiger partial charge >= 0.3 is 0 Å². The molecule has 0 aliphatic carbocycles. The van der Waals surface area contributed by atoms with Gasteiger partial charge in [0, 0.05) is 31.7 Å². The molecule has 0 spiro atoms. The molecule has 0 fully saturated rings. The number of nitrogens with zero attached hydrogens (tertiary/aromatic N) is 1. The predicted molar refractivity (Wildman–Crippen MR) is 135 cm³/mol. The van der Waals surface area contributed by atoms with Crippen molar-refractivity contribution in [2.75, 3.05) is 27.8 Å². The van der Waals surface area contributed by atoms with Crippen molar-refractivity contribution < 1.29 is 9.47 Å². The molecular formula is C23H35IN4O2. The summed E-state index contributed by atoms with van der Waals surface area (Å²) in [7, 11) is 5.05. The highest BCUT2D eigenvalue weighted by molar-refractivity contribution is 14.0. The van der Waals surface area contributed by atoms with Gasteiger partial charge in [-0.25, -0.2) is 0 Å². The van der Waals surface area contributed by atoms with Crippen LogP contribution in [0.3, 0.4) is 0 Å². The van der Waals surface area contributed by atoms with E-state index in [1.807, 2.05) is 24.3 Å². The SMILES string of the molecule is CN=C(NCc1ccc(OC)c(OC)c1)NCC(C)(C)NC(C)c1ccccc1.I. The maximum atomic E-state index is 5.37. The van der Waals surface area contributed by atoms with Crippen molar-refractivity contribution in [2.45, 2.75) is 38.9 Å². The van der Waals surface area contributed by atoms with Gasteiger partial charge in [-0.05, 0) is 44.0 Å². The van der Waals surface area contributed by atoms with Crippen LogP contribution in [-0.4, -0.2) is 39.3 Å². The minimum absolute atomic E-state index is 0. The minimum atomic E-state index is -0.115. The first kappa shape index (κ1) is 26.0. The molecule has 0 aromatic heterocycles. The zero-order valence-electron chi connectivity index (χ0n) is 18.8. The molecule has 2 rings (SSSR count). The van der Waals surface area contributed by atoms with Crippen molar-refractivity contribution in [3.63, 3.8) is 0 Å². The lowest BCUT2D eigenvalue weighted by atomic mass is 10.0. The zero-order valence-corrected chi connectivity index (χ0v) is 21.1. The standard InChI is InChI=1S/C23H34N4O2.HI/c1-17(19-10-8-7-9-11-19)27-23(2,3)16-26-22(24-4)25-15-18-12-13-20(28-5)21(14-18)29-6;/h7-14,17,27H,15-16H2,1-6H3,(H2,24,25,26);1H. The Morgan fingerprint density at radius 3 is 2.27 bits per heavy atom.